The van der Waals surface area contributed by atoms with Gasteiger partial charge in [0.2, 0.25) is 0 Å². The fraction of sp³-hybridized carbons (Fsp3) is 0.267. The van der Waals surface area contributed by atoms with E-state index in [0.717, 1.165) is 11.1 Å². The number of aryl methyl sites for hydroxylation is 2. The Morgan fingerprint density at radius 1 is 1.30 bits per heavy atom. The number of nitrogens with zero attached hydrogens (tertiary/aromatic N) is 1. The summed E-state index contributed by atoms with van der Waals surface area (Å²) in [4.78, 5) is 36.1. The number of benzene rings is 1. The van der Waals surface area contributed by atoms with Crippen LogP contribution in [-0.4, -0.2) is 29.3 Å². The first-order valence-electron chi connectivity index (χ1n) is 6.20. The number of carboxylic acid groups (broad SMARTS) is 1. The Kier molecular flexibility index (Phi) is 3.44. The second kappa shape index (κ2) is 4.92. The molecule has 0 fully saturated rings. The summed E-state index contributed by atoms with van der Waals surface area (Å²) in [7, 11) is 0. The van der Waals surface area contributed by atoms with Crippen LogP contribution < -0.4 is 4.90 Å². The lowest BCUT2D eigenvalue weighted by atomic mass is 10.0. The van der Waals surface area contributed by atoms with Crippen LogP contribution in [0.4, 0.5) is 5.69 Å². The van der Waals surface area contributed by atoms with E-state index in [2.05, 4.69) is 0 Å². The van der Waals surface area contributed by atoms with Crippen LogP contribution in [0.2, 0.25) is 0 Å². The average molecular weight is 273 g/mol. The highest BCUT2D eigenvalue weighted by atomic mass is 16.4. The standard InChI is InChI=1S/C15H15NO4/c1-8-6-10(3)12-11(7-8)16(14(18)13(12)17)5-4-9(2)15(19)20/h4,6-7H,5H2,1-3H3,(H,19,20). The summed E-state index contributed by atoms with van der Waals surface area (Å²) in [6.07, 6.45) is 1.43. The van der Waals surface area contributed by atoms with Crippen molar-refractivity contribution in [3.63, 3.8) is 0 Å². The maximum atomic E-state index is 12.0. The summed E-state index contributed by atoms with van der Waals surface area (Å²) in [5.74, 6) is -2.18. The highest BCUT2D eigenvalue weighted by Gasteiger charge is 2.36. The van der Waals surface area contributed by atoms with Crippen LogP contribution in [0.25, 0.3) is 0 Å². The van der Waals surface area contributed by atoms with Gasteiger partial charge in [0.1, 0.15) is 0 Å². The van der Waals surface area contributed by atoms with Gasteiger partial charge in [-0.2, -0.15) is 0 Å². The van der Waals surface area contributed by atoms with Crippen molar-refractivity contribution in [2.24, 2.45) is 0 Å². The molecule has 0 saturated heterocycles. The monoisotopic (exact) mass is 273 g/mol. The quantitative estimate of drug-likeness (QED) is 0.674. The van der Waals surface area contributed by atoms with Crippen LogP contribution in [0.1, 0.15) is 28.4 Å². The first-order valence-corrected chi connectivity index (χ1v) is 6.20. The summed E-state index contributed by atoms with van der Waals surface area (Å²) in [6.45, 7) is 5.21. The predicted molar refractivity (Wildman–Crippen MR) is 74.0 cm³/mol. The highest BCUT2D eigenvalue weighted by Crippen LogP contribution is 2.32. The minimum absolute atomic E-state index is 0.0819. The molecule has 0 bridgehead atoms. The highest BCUT2D eigenvalue weighted by molar-refractivity contribution is 6.52. The summed E-state index contributed by atoms with van der Waals surface area (Å²) in [5.41, 5.74) is 2.84. The molecular formula is C15H15NO4. The van der Waals surface area contributed by atoms with Gasteiger partial charge >= 0.3 is 5.97 Å². The molecule has 20 heavy (non-hydrogen) atoms. The van der Waals surface area contributed by atoms with E-state index in [-0.39, 0.29) is 12.1 Å². The van der Waals surface area contributed by atoms with Gasteiger partial charge < -0.3 is 10.0 Å². The molecule has 0 atom stereocenters. The molecule has 0 unspecified atom stereocenters. The number of hydrogen-bond donors (Lipinski definition) is 1. The lowest BCUT2D eigenvalue weighted by Crippen LogP contribution is -2.30. The van der Waals surface area contributed by atoms with Crippen molar-refractivity contribution < 1.29 is 19.5 Å². The third-order valence-corrected chi connectivity index (χ3v) is 3.33. The van der Waals surface area contributed by atoms with Gasteiger partial charge in [0.05, 0.1) is 11.3 Å². The molecule has 1 amide bonds. The number of hydrogen-bond acceptors (Lipinski definition) is 3. The number of amides is 1. The smallest absolute Gasteiger partial charge is 0.331 e. The van der Waals surface area contributed by atoms with E-state index in [1.54, 1.807) is 13.0 Å². The third kappa shape index (κ3) is 2.22. The van der Waals surface area contributed by atoms with Crippen LogP contribution in [0.15, 0.2) is 23.8 Å². The summed E-state index contributed by atoms with van der Waals surface area (Å²) in [6, 6.07) is 3.63. The van der Waals surface area contributed by atoms with E-state index in [0.29, 0.717) is 11.3 Å². The Hall–Kier alpha value is -2.43. The van der Waals surface area contributed by atoms with Crippen LogP contribution >= 0.6 is 0 Å². The maximum absolute atomic E-state index is 12.0. The van der Waals surface area contributed by atoms with Gasteiger partial charge in [-0.3, -0.25) is 9.59 Å². The van der Waals surface area contributed by atoms with E-state index < -0.39 is 17.7 Å². The summed E-state index contributed by atoms with van der Waals surface area (Å²) in [5, 5.41) is 8.82. The van der Waals surface area contributed by atoms with Crippen molar-refractivity contribution in [3.8, 4) is 0 Å². The zero-order chi connectivity index (χ0) is 15.0. The van der Waals surface area contributed by atoms with Gasteiger partial charge in [0.15, 0.2) is 0 Å². The first-order chi connectivity index (χ1) is 9.32. The molecule has 1 heterocycles. The number of carboxylic acids is 1. The maximum Gasteiger partial charge on any atom is 0.331 e. The van der Waals surface area contributed by atoms with E-state index in [9.17, 15) is 14.4 Å². The molecule has 5 heteroatoms. The topological polar surface area (TPSA) is 74.7 Å². The molecule has 1 N–H and O–H groups in total. The average Bonchev–Trinajstić information content (AvgIpc) is 2.59. The molecule has 1 aliphatic rings. The second-order valence-corrected chi connectivity index (χ2v) is 4.91. The third-order valence-electron chi connectivity index (χ3n) is 3.33. The number of fused-ring (bicyclic) bond motifs is 1. The Morgan fingerprint density at radius 2 is 1.95 bits per heavy atom. The van der Waals surface area contributed by atoms with E-state index >= 15 is 0 Å². The van der Waals surface area contributed by atoms with E-state index in [1.807, 2.05) is 13.0 Å². The molecule has 1 aliphatic heterocycles. The molecular weight excluding hydrogens is 258 g/mol. The van der Waals surface area contributed by atoms with Gasteiger partial charge in [-0.15, -0.1) is 0 Å². The number of rotatable bonds is 3. The van der Waals surface area contributed by atoms with Gasteiger partial charge in [0, 0.05) is 12.1 Å². The van der Waals surface area contributed by atoms with Crippen LogP contribution in [0.3, 0.4) is 0 Å². The Labute approximate surface area is 116 Å². The molecule has 104 valence electrons. The fourth-order valence-corrected chi connectivity index (χ4v) is 2.29. The fourth-order valence-electron chi connectivity index (χ4n) is 2.29. The van der Waals surface area contributed by atoms with E-state index in [4.69, 9.17) is 5.11 Å². The van der Waals surface area contributed by atoms with Crippen molar-refractivity contribution in [3.05, 3.63) is 40.5 Å². The number of anilines is 1. The molecule has 0 saturated carbocycles. The number of carbonyl (C=O) groups excluding carboxylic acids is 2. The summed E-state index contributed by atoms with van der Waals surface area (Å²) >= 11 is 0. The molecule has 0 radical (unpaired) electrons. The molecule has 0 aliphatic carbocycles. The number of Topliss-reactive ketones (excluding diaryl/α,β-unsaturated/α-hetero) is 1. The number of aliphatic carboxylic acids is 1. The Morgan fingerprint density at radius 3 is 2.55 bits per heavy atom. The first kappa shape index (κ1) is 14.0. The zero-order valence-electron chi connectivity index (χ0n) is 11.6. The minimum atomic E-state index is -1.04. The Bertz CT molecular complexity index is 658. The normalized spacial score (nSPS) is 14.8. The molecule has 1 aromatic rings. The van der Waals surface area contributed by atoms with Gasteiger partial charge in [-0.05, 0) is 38.0 Å². The van der Waals surface area contributed by atoms with Crippen molar-refractivity contribution >= 4 is 23.3 Å². The van der Waals surface area contributed by atoms with Crippen LogP contribution in [0.5, 0.6) is 0 Å². The number of carbonyl (C=O) groups is 3. The molecule has 1 aromatic carbocycles. The molecule has 0 spiro atoms. The van der Waals surface area contributed by atoms with Gasteiger partial charge in [-0.1, -0.05) is 12.1 Å². The summed E-state index contributed by atoms with van der Waals surface area (Å²) < 4.78 is 0. The van der Waals surface area contributed by atoms with Crippen molar-refractivity contribution in [1.29, 1.82) is 0 Å². The van der Waals surface area contributed by atoms with Crippen LogP contribution in [0, 0.1) is 13.8 Å². The number of ketones is 1. The lowest BCUT2D eigenvalue weighted by molar-refractivity contribution is -0.132. The minimum Gasteiger partial charge on any atom is -0.478 e. The molecule has 5 nitrogen and oxygen atoms in total. The SMILES string of the molecule is CC(=CCN1C(=O)C(=O)c2c(C)cc(C)cc21)C(=O)O. The second-order valence-electron chi connectivity index (χ2n) is 4.91. The van der Waals surface area contributed by atoms with Crippen molar-refractivity contribution in [1.82, 2.24) is 0 Å². The van der Waals surface area contributed by atoms with Crippen molar-refractivity contribution in [2.45, 2.75) is 20.8 Å². The van der Waals surface area contributed by atoms with Gasteiger partial charge in [-0.25, -0.2) is 4.79 Å². The van der Waals surface area contributed by atoms with Crippen LogP contribution in [-0.2, 0) is 9.59 Å². The molecule has 2 rings (SSSR count). The lowest BCUT2D eigenvalue weighted by Gasteiger charge is -2.15. The van der Waals surface area contributed by atoms with Crippen molar-refractivity contribution in [2.75, 3.05) is 11.4 Å². The van der Waals surface area contributed by atoms with Gasteiger partial charge in [0.25, 0.3) is 11.7 Å². The zero-order valence-corrected chi connectivity index (χ0v) is 11.6. The molecule has 0 aromatic heterocycles. The Balaban J connectivity index is 2.43. The predicted octanol–water partition coefficient (Wildman–Crippen LogP) is 1.86. The van der Waals surface area contributed by atoms with E-state index in [1.165, 1.54) is 17.9 Å². The largest absolute Gasteiger partial charge is 0.478 e.